The molecule has 0 radical (unpaired) electrons. The zero-order valence-corrected chi connectivity index (χ0v) is 10.3. The van der Waals surface area contributed by atoms with Crippen LogP contribution in [-0.4, -0.2) is 19.2 Å². The first-order chi connectivity index (χ1) is 6.93. The van der Waals surface area contributed by atoms with Crippen molar-refractivity contribution in [2.24, 2.45) is 0 Å². The van der Waals surface area contributed by atoms with Crippen LogP contribution in [0.4, 0.5) is 0 Å². The van der Waals surface area contributed by atoms with Gasteiger partial charge in [0, 0.05) is 6.54 Å². The van der Waals surface area contributed by atoms with E-state index in [-0.39, 0.29) is 5.60 Å². The molecular weight excluding hydrogens is 186 g/mol. The highest BCUT2D eigenvalue weighted by atomic mass is 16.5. The zero-order chi connectivity index (χ0) is 11.5. The summed E-state index contributed by atoms with van der Waals surface area (Å²) >= 11 is 0. The monoisotopic (exact) mass is 207 g/mol. The van der Waals surface area contributed by atoms with Gasteiger partial charge in [-0.2, -0.15) is 0 Å². The topological polar surface area (TPSA) is 21.3 Å². The Morgan fingerprint density at radius 1 is 1.13 bits per heavy atom. The summed E-state index contributed by atoms with van der Waals surface area (Å²) in [6, 6.07) is 6.30. The summed E-state index contributed by atoms with van der Waals surface area (Å²) in [5.41, 5.74) is 2.31. The van der Waals surface area contributed by atoms with E-state index >= 15 is 0 Å². The molecule has 0 fully saturated rings. The van der Waals surface area contributed by atoms with Crippen LogP contribution in [0.15, 0.2) is 18.2 Å². The van der Waals surface area contributed by atoms with E-state index in [1.165, 1.54) is 11.1 Å². The fraction of sp³-hybridized carbons (Fsp3) is 0.538. The second kappa shape index (κ2) is 4.67. The van der Waals surface area contributed by atoms with E-state index in [1.54, 1.807) is 0 Å². The van der Waals surface area contributed by atoms with Crippen molar-refractivity contribution in [3.05, 3.63) is 29.3 Å². The van der Waals surface area contributed by atoms with Gasteiger partial charge in [0.2, 0.25) is 0 Å². The van der Waals surface area contributed by atoms with E-state index in [4.69, 9.17) is 4.74 Å². The second-order valence-electron chi connectivity index (χ2n) is 4.72. The van der Waals surface area contributed by atoms with Gasteiger partial charge in [-0.15, -0.1) is 0 Å². The Kier molecular flexibility index (Phi) is 3.75. The molecule has 15 heavy (non-hydrogen) atoms. The lowest BCUT2D eigenvalue weighted by atomic mass is 10.1. The summed E-state index contributed by atoms with van der Waals surface area (Å²) in [6.07, 6.45) is 0. The zero-order valence-electron chi connectivity index (χ0n) is 10.3. The minimum Gasteiger partial charge on any atom is -0.487 e. The molecule has 0 aliphatic heterocycles. The van der Waals surface area contributed by atoms with E-state index in [0.29, 0.717) is 0 Å². The SMILES string of the molecule is CNCC(C)(C)Oc1cc(C)cc(C)c1. The maximum absolute atomic E-state index is 5.94. The van der Waals surface area contributed by atoms with Crippen molar-refractivity contribution >= 4 is 0 Å². The molecule has 84 valence electrons. The lowest BCUT2D eigenvalue weighted by Gasteiger charge is -2.26. The maximum atomic E-state index is 5.94. The summed E-state index contributed by atoms with van der Waals surface area (Å²) in [5, 5.41) is 3.13. The van der Waals surface area contributed by atoms with Crippen molar-refractivity contribution in [2.45, 2.75) is 33.3 Å². The van der Waals surface area contributed by atoms with Crippen molar-refractivity contribution in [2.75, 3.05) is 13.6 Å². The van der Waals surface area contributed by atoms with Gasteiger partial charge in [0.25, 0.3) is 0 Å². The standard InChI is InChI=1S/C13H21NO/c1-10-6-11(2)8-12(7-10)15-13(3,4)9-14-5/h6-8,14H,9H2,1-5H3. The Hall–Kier alpha value is -1.02. The Morgan fingerprint density at radius 3 is 2.13 bits per heavy atom. The molecule has 0 unspecified atom stereocenters. The number of hydrogen-bond donors (Lipinski definition) is 1. The van der Waals surface area contributed by atoms with Gasteiger partial charge >= 0.3 is 0 Å². The van der Waals surface area contributed by atoms with Gasteiger partial charge in [0.15, 0.2) is 0 Å². The quantitative estimate of drug-likeness (QED) is 0.819. The van der Waals surface area contributed by atoms with Crippen molar-refractivity contribution in [1.29, 1.82) is 0 Å². The summed E-state index contributed by atoms with van der Waals surface area (Å²) in [4.78, 5) is 0. The number of hydrogen-bond acceptors (Lipinski definition) is 2. The number of benzene rings is 1. The molecule has 1 N–H and O–H groups in total. The Balaban J connectivity index is 2.80. The van der Waals surface area contributed by atoms with Gasteiger partial charge in [-0.05, 0) is 58.0 Å². The van der Waals surface area contributed by atoms with Crippen molar-refractivity contribution < 1.29 is 4.74 Å². The maximum Gasteiger partial charge on any atom is 0.120 e. The molecule has 0 aliphatic rings. The number of aryl methyl sites for hydroxylation is 2. The molecule has 1 rings (SSSR count). The van der Waals surface area contributed by atoms with Gasteiger partial charge in [0.1, 0.15) is 11.4 Å². The molecule has 1 aromatic carbocycles. The predicted molar refractivity (Wildman–Crippen MR) is 64.5 cm³/mol. The molecule has 1 aromatic rings. The van der Waals surface area contributed by atoms with Gasteiger partial charge in [-0.3, -0.25) is 0 Å². The first kappa shape index (κ1) is 12.1. The molecule has 2 nitrogen and oxygen atoms in total. The minimum atomic E-state index is -0.172. The Labute approximate surface area is 92.6 Å². The van der Waals surface area contributed by atoms with Gasteiger partial charge in [-0.25, -0.2) is 0 Å². The largest absolute Gasteiger partial charge is 0.487 e. The summed E-state index contributed by atoms with van der Waals surface area (Å²) in [6.45, 7) is 9.18. The van der Waals surface area contributed by atoms with Gasteiger partial charge in [0.05, 0.1) is 0 Å². The van der Waals surface area contributed by atoms with Crippen LogP contribution in [0.5, 0.6) is 5.75 Å². The summed E-state index contributed by atoms with van der Waals surface area (Å²) in [5.74, 6) is 0.952. The third-order valence-corrected chi connectivity index (χ3v) is 2.19. The van der Waals surface area contributed by atoms with Crippen LogP contribution >= 0.6 is 0 Å². The third-order valence-electron chi connectivity index (χ3n) is 2.19. The molecule has 0 heterocycles. The summed E-state index contributed by atoms with van der Waals surface area (Å²) < 4.78 is 5.94. The molecule has 2 heteroatoms. The van der Waals surface area contributed by atoms with Crippen LogP contribution in [0.25, 0.3) is 0 Å². The Bertz CT molecular complexity index is 311. The number of nitrogens with one attached hydrogen (secondary N) is 1. The first-order valence-corrected chi connectivity index (χ1v) is 5.35. The molecule has 0 saturated heterocycles. The molecule has 0 spiro atoms. The highest BCUT2D eigenvalue weighted by Crippen LogP contribution is 2.21. The van der Waals surface area contributed by atoms with E-state index in [0.717, 1.165) is 12.3 Å². The molecule has 0 aromatic heterocycles. The average Bonchev–Trinajstić information content (AvgIpc) is 1.99. The third kappa shape index (κ3) is 3.92. The minimum absolute atomic E-state index is 0.172. The fourth-order valence-corrected chi connectivity index (χ4v) is 1.77. The van der Waals surface area contributed by atoms with Gasteiger partial charge < -0.3 is 10.1 Å². The fourth-order valence-electron chi connectivity index (χ4n) is 1.77. The van der Waals surface area contributed by atoms with Crippen molar-refractivity contribution in [3.8, 4) is 5.75 Å². The van der Waals surface area contributed by atoms with Crippen LogP contribution < -0.4 is 10.1 Å². The molecule has 0 atom stereocenters. The highest BCUT2D eigenvalue weighted by Gasteiger charge is 2.18. The Morgan fingerprint density at radius 2 is 1.67 bits per heavy atom. The van der Waals surface area contributed by atoms with E-state index in [1.807, 2.05) is 7.05 Å². The number of rotatable bonds is 4. The first-order valence-electron chi connectivity index (χ1n) is 5.35. The van der Waals surface area contributed by atoms with Crippen LogP contribution in [0.2, 0.25) is 0 Å². The average molecular weight is 207 g/mol. The molecule has 0 aliphatic carbocycles. The number of ether oxygens (including phenoxy) is 1. The van der Waals surface area contributed by atoms with Crippen LogP contribution in [0.3, 0.4) is 0 Å². The van der Waals surface area contributed by atoms with E-state index < -0.39 is 0 Å². The van der Waals surface area contributed by atoms with E-state index in [9.17, 15) is 0 Å². The predicted octanol–water partition coefficient (Wildman–Crippen LogP) is 2.68. The van der Waals surface area contributed by atoms with E-state index in [2.05, 4.69) is 51.2 Å². The van der Waals surface area contributed by atoms with Crippen LogP contribution in [-0.2, 0) is 0 Å². The van der Waals surface area contributed by atoms with Crippen molar-refractivity contribution in [3.63, 3.8) is 0 Å². The molecule has 0 amide bonds. The lowest BCUT2D eigenvalue weighted by molar-refractivity contribution is 0.110. The highest BCUT2D eigenvalue weighted by molar-refractivity contribution is 5.33. The summed E-state index contributed by atoms with van der Waals surface area (Å²) in [7, 11) is 1.94. The molecule has 0 bridgehead atoms. The molecule has 0 saturated carbocycles. The van der Waals surface area contributed by atoms with Crippen LogP contribution in [0, 0.1) is 13.8 Å². The van der Waals surface area contributed by atoms with Crippen LogP contribution in [0.1, 0.15) is 25.0 Å². The van der Waals surface area contributed by atoms with Crippen molar-refractivity contribution in [1.82, 2.24) is 5.32 Å². The number of likely N-dealkylation sites (N-methyl/N-ethyl adjacent to an activating group) is 1. The lowest BCUT2D eigenvalue weighted by Crippen LogP contribution is -2.38. The molecular formula is C13H21NO. The van der Waals surface area contributed by atoms with Gasteiger partial charge in [-0.1, -0.05) is 6.07 Å². The smallest absolute Gasteiger partial charge is 0.120 e. The normalized spacial score (nSPS) is 11.5. The second-order valence-corrected chi connectivity index (χ2v) is 4.72.